The highest BCUT2D eigenvalue weighted by molar-refractivity contribution is 7.91. The molecule has 0 aliphatic rings. The molecule has 0 spiro atoms. The number of hydrogen-bond donors (Lipinski definition) is 2. The number of hydrogen-bond acceptors (Lipinski definition) is 5. The van der Waals surface area contributed by atoms with Crippen molar-refractivity contribution in [3.8, 4) is 0 Å². The first kappa shape index (κ1) is 15.1. The van der Waals surface area contributed by atoms with E-state index in [1.165, 1.54) is 11.3 Å². The Kier molecular flexibility index (Phi) is 5.24. The lowest BCUT2D eigenvalue weighted by molar-refractivity contribution is 0.583. The van der Waals surface area contributed by atoms with Crippen LogP contribution < -0.4 is 10.0 Å². The molecule has 5 nitrogen and oxygen atoms in total. The van der Waals surface area contributed by atoms with Crippen molar-refractivity contribution in [1.29, 1.82) is 0 Å². The molecule has 0 atom stereocenters. The molecule has 2 aromatic rings. The summed E-state index contributed by atoms with van der Waals surface area (Å²) in [6.07, 6.45) is 4.14. The number of sulfonamides is 1. The predicted molar refractivity (Wildman–Crippen MR) is 80.2 cm³/mol. The molecule has 2 N–H and O–H groups in total. The van der Waals surface area contributed by atoms with Gasteiger partial charge < -0.3 is 5.32 Å². The van der Waals surface area contributed by atoms with Gasteiger partial charge in [-0.1, -0.05) is 6.07 Å². The maximum absolute atomic E-state index is 12.2. The highest BCUT2D eigenvalue weighted by Gasteiger charge is 2.16. The van der Waals surface area contributed by atoms with E-state index in [4.69, 9.17) is 0 Å². The van der Waals surface area contributed by atoms with Gasteiger partial charge in [-0.3, -0.25) is 4.98 Å². The molecule has 7 heteroatoms. The molecule has 20 heavy (non-hydrogen) atoms. The van der Waals surface area contributed by atoms with E-state index in [1.54, 1.807) is 24.5 Å². The third kappa shape index (κ3) is 4.11. The fourth-order valence-electron chi connectivity index (χ4n) is 1.64. The van der Waals surface area contributed by atoms with Gasteiger partial charge in [-0.15, -0.1) is 11.3 Å². The van der Waals surface area contributed by atoms with Crippen LogP contribution >= 0.6 is 11.3 Å². The van der Waals surface area contributed by atoms with Crippen LogP contribution in [0.2, 0.25) is 0 Å². The standard InChI is InChI=1S/C13H17N3O2S2/c1-14-8-6-12-4-5-13(19-12)20(17,18)16-10-11-3-2-7-15-9-11/h2-5,7,9,14,16H,6,8,10H2,1H3. The topological polar surface area (TPSA) is 71.1 Å². The van der Waals surface area contributed by atoms with E-state index in [9.17, 15) is 8.42 Å². The fraction of sp³-hybridized carbons (Fsp3) is 0.308. The van der Waals surface area contributed by atoms with Crippen LogP contribution in [0.5, 0.6) is 0 Å². The maximum Gasteiger partial charge on any atom is 0.250 e. The lowest BCUT2D eigenvalue weighted by atomic mass is 10.3. The minimum Gasteiger partial charge on any atom is -0.319 e. The van der Waals surface area contributed by atoms with E-state index < -0.39 is 10.0 Å². The SMILES string of the molecule is CNCCc1ccc(S(=O)(=O)NCc2cccnc2)s1. The largest absolute Gasteiger partial charge is 0.319 e. The van der Waals surface area contributed by atoms with Gasteiger partial charge in [0, 0.05) is 23.8 Å². The summed E-state index contributed by atoms with van der Waals surface area (Å²) in [5.41, 5.74) is 0.836. The van der Waals surface area contributed by atoms with E-state index in [0.29, 0.717) is 4.21 Å². The molecule has 0 bridgehead atoms. The second-order valence-electron chi connectivity index (χ2n) is 4.26. The molecule has 0 aromatic carbocycles. The van der Waals surface area contributed by atoms with Gasteiger partial charge in [0.15, 0.2) is 0 Å². The van der Waals surface area contributed by atoms with Gasteiger partial charge in [-0.05, 0) is 43.8 Å². The molecule has 2 aromatic heterocycles. The van der Waals surface area contributed by atoms with Gasteiger partial charge in [0.25, 0.3) is 0 Å². The van der Waals surface area contributed by atoms with Crippen molar-refractivity contribution >= 4 is 21.4 Å². The summed E-state index contributed by atoms with van der Waals surface area (Å²) in [7, 11) is -1.57. The van der Waals surface area contributed by atoms with Crippen molar-refractivity contribution in [1.82, 2.24) is 15.0 Å². The molecule has 2 heterocycles. The highest BCUT2D eigenvalue weighted by Crippen LogP contribution is 2.21. The van der Waals surface area contributed by atoms with E-state index in [2.05, 4.69) is 15.0 Å². The van der Waals surface area contributed by atoms with Crippen LogP contribution in [0.15, 0.2) is 40.9 Å². The van der Waals surface area contributed by atoms with Crippen molar-refractivity contribution in [3.05, 3.63) is 47.1 Å². The summed E-state index contributed by atoms with van der Waals surface area (Å²) < 4.78 is 27.3. The summed E-state index contributed by atoms with van der Waals surface area (Å²) in [5, 5.41) is 3.05. The summed E-state index contributed by atoms with van der Waals surface area (Å²) >= 11 is 1.31. The molecular weight excluding hydrogens is 294 g/mol. The van der Waals surface area contributed by atoms with Gasteiger partial charge in [0.1, 0.15) is 4.21 Å². The second kappa shape index (κ2) is 6.94. The van der Waals surface area contributed by atoms with Crippen LogP contribution in [0.1, 0.15) is 10.4 Å². The van der Waals surface area contributed by atoms with Gasteiger partial charge in [0.2, 0.25) is 10.0 Å². The lowest BCUT2D eigenvalue weighted by Crippen LogP contribution is -2.22. The summed E-state index contributed by atoms with van der Waals surface area (Å²) in [4.78, 5) is 5.01. The molecule has 2 rings (SSSR count). The van der Waals surface area contributed by atoms with Gasteiger partial charge in [0.05, 0.1) is 0 Å². The molecule has 0 fully saturated rings. The van der Waals surface area contributed by atoms with Crippen molar-refractivity contribution in [2.45, 2.75) is 17.2 Å². The smallest absolute Gasteiger partial charge is 0.250 e. The lowest BCUT2D eigenvalue weighted by Gasteiger charge is -2.04. The van der Waals surface area contributed by atoms with Gasteiger partial charge in [-0.25, -0.2) is 13.1 Å². The van der Waals surface area contributed by atoms with E-state index in [1.807, 2.05) is 19.2 Å². The first-order chi connectivity index (χ1) is 9.62. The Morgan fingerprint density at radius 2 is 2.15 bits per heavy atom. The highest BCUT2D eigenvalue weighted by atomic mass is 32.2. The maximum atomic E-state index is 12.2. The number of thiophene rings is 1. The van der Waals surface area contributed by atoms with Crippen molar-refractivity contribution in [3.63, 3.8) is 0 Å². The zero-order valence-electron chi connectivity index (χ0n) is 11.2. The number of pyridine rings is 1. The summed E-state index contributed by atoms with van der Waals surface area (Å²) in [6, 6.07) is 7.13. The Hall–Kier alpha value is -1.28. The van der Waals surface area contributed by atoms with Crippen LogP contribution in [0.25, 0.3) is 0 Å². The summed E-state index contributed by atoms with van der Waals surface area (Å²) in [6.45, 7) is 1.09. The minimum atomic E-state index is -3.44. The molecular formula is C13H17N3O2S2. The molecule has 0 aliphatic carbocycles. The Labute approximate surface area is 123 Å². The van der Waals surface area contributed by atoms with Crippen LogP contribution in [0.3, 0.4) is 0 Å². The first-order valence-corrected chi connectivity index (χ1v) is 8.53. The quantitative estimate of drug-likeness (QED) is 0.810. The molecule has 0 unspecified atom stereocenters. The van der Waals surface area contributed by atoms with Gasteiger partial charge in [-0.2, -0.15) is 0 Å². The Morgan fingerprint density at radius 3 is 2.85 bits per heavy atom. The number of likely N-dealkylation sites (N-methyl/N-ethyl adjacent to an activating group) is 1. The monoisotopic (exact) mass is 311 g/mol. The van der Waals surface area contributed by atoms with E-state index >= 15 is 0 Å². The molecule has 108 valence electrons. The molecule has 0 saturated carbocycles. The molecule has 0 saturated heterocycles. The first-order valence-electron chi connectivity index (χ1n) is 6.24. The van der Waals surface area contributed by atoms with E-state index in [-0.39, 0.29) is 6.54 Å². The van der Waals surface area contributed by atoms with Crippen molar-refractivity contribution in [2.75, 3.05) is 13.6 Å². The Morgan fingerprint density at radius 1 is 1.30 bits per heavy atom. The normalized spacial score (nSPS) is 11.7. The molecule has 0 aliphatic heterocycles. The third-order valence-electron chi connectivity index (χ3n) is 2.71. The van der Waals surface area contributed by atoms with Crippen LogP contribution in [-0.2, 0) is 23.0 Å². The fourth-order valence-corrected chi connectivity index (χ4v) is 4.05. The van der Waals surface area contributed by atoms with E-state index in [0.717, 1.165) is 23.4 Å². The average molecular weight is 311 g/mol. The van der Waals surface area contributed by atoms with Gasteiger partial charge >= 0.3 is 0 Å². The average Bonchev–Trinajstić information content (AvgIpc) is 2.94. The number of rotatable bonds is 7. The molecule has 0 radical (unpaired) electrons. The van der Waals surface area contributed by atoms with Crippen molar-refractivity contribution in [2.24, 2.45) is 0 Å². The number of nitrogens with zero attached hydrogens (tertiary/aromatic N) is 1. The van der Waals surface area contributed by atoms with Crippen molar-refractivity contribution < 1.29 is 8.42 Å². The zero-order valence-corrected chi connectivity index (χ0v) is 12.8. The third-order valence-corrected chi connectivity index (χ3v) is 5.75. The van der Waals surface area contributed by atoms with Crippen LogP contribution in [0.4, 0.5) is 0 Å². The minimum absolute atomic E-state index is 0.250. The second-order valence-corrected chi connectivity index (χ2v) is 7.42. The van der Waals surface area contributed by atoms with Crippen LogP contribution in [-0.4, -0.2) is 27.0 Å². The Bertz CT molecular complexity index is 639. The van der Waals surface area contributed by atoms with Crippen LogP contribution in [0, 0.1) is 0 Å². The number of nitrogens with one attached hydrogen (secondary N) is 2. The Balaban J connectivity index is 2.01. The molecule has 0 amide bonds. The predicted octanol–water partition coefficient (Wildman–Crippen LogP) is 1.38. The number of aromatic nitrogens is 1. The zero-order chi connectivity index (χ0) is 14.4. The summed E-state index contributed by atoms with van der Waals surface area (Å²) in [5.74, 6) is 0.